The summed E-state index contributed by atoms with van der Waals surface area (Å²) in [5, 5.41) is 10.1. The van der Waals surface area contributed by atoms with Crippen LogP contribution >= 0.6 is 0 Å². The van der Waals surface area contributed by atoms with Gasteiger partial charge in [-0.15, -0.1) is 0 Å². The Labute approximate surface area is 102 Å². The van der Waals surface area contributed by atoms with Crippen LogP contribution < -0.4 is 0 Å². The maximum Gasteiger partial charge on any atom is 0.179 e. The van der Waals surface area contributed by atoms with Crippen molar-refractivity contribution in [3.63, 3.8) is 0 Å². The van der Waals surface area contributed by atoms with Gasteiger partial charge in [-0.25, -0.2) is 0 Å². The second-order valence-electron chi connectivity index (χ2n) is 5.89. The Bertz CT molecular complexity index is 444. The average molecular weight is 236 g/mol. The molecule has 0 aromatic carbocycles. The molecule has 1 rings (SSSR count). The lowest BCUT2D eigenvalue weighted by Gasteiger charge is -2.37. The fourth-order valence-electron chi connectivity index (χ4n) is 2.20. The fourth-order valence-corrected chi connectivity index (χ4v) is 2.20. The predicted molar refractivity (Wildman–Crippen MR) is 66.7 cm³/mol. The second kappa shape index (κ2) is 3.83. The predicted octanol–water partition coefficient (Wildman–Crippen LogP) is 2.97. The highest BCUT2D eigenvalue weighted by molar-refractivity contribution is 6.20. The van der Waals surface area contributed by atoms with Gasteiger partial charge in [0.05, 0.1) is 16.4 Å². The van der Waals surface area contributed by atoms with Gasteiger partial charge < -0.3 is 5.11 Å². The van der Waals surface area contributed by atoms with E-state index in [0.717, 1.165) is 5.57 Å². The molecule has 0 atom stereocenters. The Kier molecular flexibility index (Phi) is 3.08. The SMILES string of the molecule is CC(C)=CC1=C(O)C(C)(C)C(=O)C(C)(C)C1=O. The first-order chi connectivity index (χ1) is 7.52. The lowest BCUT2D eigenvalue weighted by Crippen LogP contribution is -2.48. The molecule has 3 nitrogen and oxygen atoms in total. The molecule has 0 unspecified atom stereocenters. The first-order valence-electron chi connectivity index (χ1n) is 5.71. The summed E-state index contributed by atoms with van der Waals surface area (Å²) in [4.78, 5) is 24.4. The molecule has 1 aliphatic carbocycles. The fraction of sp³-hybridized carbons (Fsp3) is 0.571. The van der Waals surface area contributed by atoms with E-state index < -0.39 is 10.8 Å². The van der Waals surface area contributed by atoms with E-state index in [2.05, 4.69) is 0 Å². The zero-order chi connectivity index (χ0) is 13.6. The Balaban J connectivity index is 3.56. The monoisotopic (exact) mass is 236 g/mol. The number of carbonyl (C=O) groups is 2. The maximum absolute atomic E-state index is 12.2. The lowest BCUT2D eigenvalue weighted by molar-refractivity contribution is -0.144. The molecule has 0 heterocycles. The van der Waals surface area contributed by atoms with Crippen LogP contribution in [-0.4, -0.2) is 16.7 Å². The number of aliphatic hydroxyl groups excluding tert-OH is 1. The highest BCUT2D eigenvalue weighted by Crippen LogP contribution is 2.43. The topological polar surface area (TPSA) is 54.4 Å². The van der Waals surface area contributed by atoms with Crippen LogP contribution in [0.3, 0.4) is 0 Å². The van der Waals surface area contributed by atoms with Crippen LogP contribution in [0.2, 0.25) is 0 Å². The van der Waals surface area contributed by atoms with Crippen molar-refractivity contribution in [2.75, 3.05) is 0 Å². The van der Waals surface area contributed by atoms with Gasteiger partial charge in [-0.3, -0.25) is 9.59 Å². The molecular weight excluding hydrogens is 216 g/mol. The smallest absolute Gasteiger partial charge is 0.179 e. The Morgan fingerprint density at radius 2 is 1.53 bits per heavy atom. The molecule has 0 aromatic rings. The van der Waals surface area contributed by atoms with Crippen molar-refractivity contribution < 1.29 is 14.7 Å². The Hall–Kier alpha value is -1.38. The van der Waals surface area contributed by atoms with Gasteiger partial charge in [-0.05, 0) is 47.6 Å². The highest BCUT2D eigenvalue weighted by Gasteiger charge is 2.52. The van der Waals surface area contributed by atoms with E-state index in [1.54, 1.807) is 33.8 Å². The molecule has 0 bridgehead atoms. The molecule has 1 aliphatic rings. The second-order valence-corrected chi connectivity index (χ2v) is 5.89. The summed E-state index contributed by atoms with van der Waals surface area (Å²) in [6.07, 6.45) is 1.65. The van der Waals surface area contributed by atoms with Gasteiger partial charge in [0.15, 0.2) is 11.6 Å². The van der Waals surface area contributed by atoms with Crippen molar-refractivity contribution in [1.82, 2.24) is 0 Å². The molecular formula is C14H20O3. The molecule has 3 heteroatoms. The number of rotatable bonds is 1. The van der Waals surface area contributed by atoms with E-state index in [1.807, 2.05) is 13.8 Å². The van der Waals surface area contributed by atoms with Crippen LogP contribution in [0, 0.1) is 10.8 Å². The first-order valence-corrected chi connectivity index (χ1v) is 5.71. The van der Waals surface area contributed by atoms with Crippen LogP contribution in [0.5, 0.6) is 0 Å². The largest absolute Gasteiger partial charge is 0.511 e. The molecule has 1 N–H and O–H groups in total. The molecule has 0 spiro atoms. The number of allylic oxidation sites excluding steroid dienone is 4. The maximum atomic E-state index is 12.2. The summed E-state index contributed by atoms with van der Waals surface area (Å²) in [6, 6.07) is 0. The molecule has 0 radical (unpaired) electrons. The van der Waals surface area contributed by atoms with Crippen molar-refractivity contribution in [2.24, 2.45) is 10.8 Å². The summed E-state index contributed by atoms with van der Waals surface area (Å²) in [7, 11) is 0. The first kappa shape index (κ1) is 13.7. The van der Waals surface area contributed by atoms with Crippen molar-refractivity contribution in [2.45, 2.75) is 41.5 Å². The highest BCUT2D eigenvalue weighted by atomic mass is 16.3. The van der Waals surface area contributed by atoms with E-state index in [0.29, 0.717) is 0 Å². The third-order valence-corrected chi connectivity index (χ3v) is 3.23. The third-order valence-electron chi connectivity index (χ3n) is 3.23. The standard InChI is InChI=1S/C14H20O3/c1-8(2)7-9-10(15)13(3,4)12(17)14(5,6)11(9)16/h7,15H,1-6H3. The van der Waals surface area contributed by atoms with Crippen molar-refractivity contribution in [3.8, 4) is 0 Å². The normalized spacial score (nSPS) is 22.7. The Morgan fingerprint density at radius 1 is 1.06 bits per heavy atom. The van der Waals surface area contributed by atoms with E-state index in [4.69, 9.17) is 0 Å². The number of hydrogen-bond donors (Lipinski definition) is 1. The van der Waals surface area contributed by atoms with Gasteiger partial charge in [-0.2, -0.15) is 0 Å². The zero-order valence-corrected chi connectivity index (χ0v) is 11.3. The van der Waals surface area contributed by atoms with Crippen molar-refractivity contribution in [3.05, 3.63) is 23.0 Å². The van der Waals surface area contributed by atoms with Crippen LogP contribution in [0.25, 0.3) is 0 Å². The minimum atomic E-state index is -1.07. The molecule has 94 valence electrons. The molecule has 0 aromatic heterocycles. The quantitative estimate of drug-likeness (QED) is 0.712. The summed E-state index contributed by atoms with van der Waals surface area (Å²) in [6.45, 7) is 10.2. The van der Waals surface area contributed by atoms with Gasteiger partial charge in [0.1, 0.15) is 5.76 Å². The van der Waals surface area contributed by atoms with E-state index >= 15 is 0 Å². The summed E-state index contributed by atoms with van der Waals surface area (Å²) < 4.78 is 0. The molecule has 0 fully saturated rings. The summed E-state index contributed by atoms with van der Waals surface area (Å²) in [5.74, 6) is -0.660. The number of Topliss-reactive ketones (excluding diaryl/α,β-unsaturated/α-hetero) is 2. The van der Waals surface area contributed by atoms with Gasteiger partial charge in [0.25, 0.3) is 0 Å². The number of ketones is 2. The molecule has 0 saturated carbocycles. The van der Waals surface area contributed by atoms with Gasteiger partial charge in [0.2, 0.25) is 0 Å². The minimum Gasteiger partial charge on any atom is -0.511 e. The lowest BCUT2D eigenvalue weighted by atomic mass is 9.63. The van der Waals surface area contributed by atoms with Crippen molar-refractivity contribution >= 4 is 11.6 Å². The van der Waals surface area contributed by atoms with Crippen LogP contribution in [0.15, 0.2) is 23.0 Å². The van der Waals surface area contributed by atoms with Gasteiger partial charge in [0, 0.05) is 0 Å². The van der Waals surface area contributed by atoms with Crippen LogP contribution in [0.4, 0.5) is 0 Å². The average Bonchev–Trinajstić information content (AvgIpc) is 2.20. The third kappa shape index (κ3) is 1.94. The van der Waals surface area contributed by atoms with Gasteiger partial charge >= 0.3 is 0 Å². The molecule has 0 amide bonds. The minimum absolute atomic E-state index is 0.118. The van der Waals surface area contributed by atoms with Gasteiger partial charge in [-0.1, -0.05) is 5.57 Å². The Morgan fingerprint density at radius 3 is 1.94 bits per heavy atom. The summed E-state index contributed by atoms with van der Waals surface area (Å²) in [5.41, 5.74) is -0.893. The van der Waals surface area contributed by atoms with E-state index in [-0.39, 0.29) is 22.9 Å². The summed E-state index contributed by atoms with van der Waals surface area (Å²) >= 11 is 0. The molecule has 17 heavy (non-hydrogen) atoms. The number of carbonyl (C=O) groups excluding carboxylic acids is 2. The number of hydrogen-bond acceptors (Lipinski definition) is 3. The van der Waals surface area contributed by atoms with Crippen LogP contribution in [0.1, 0.15) is 41.5 Å². The number of aliphatic hydroxyl groups is 1. The molecule has 0 saturated heterocycles. The van der Waals surface area contributed by atoms with Crippen molar-refractivity contribution in [1.29, 1.82) is 0 Å². The van der Waals surface area contributed by atoms with Crippen LogP contribution in [-0.2, 0) is 9.59 Å². The zero-order valence-electron chi connectivity index (χ0n) is 11.3. The van der Waals surface area contributed by atoms with E-state index in [1.165, 1.54) is 0 Å². The van der Waals surface area contributed by atoms with E-state index in [9.17, 15) is 14.7 Å². The molecule has 0 aliphatic heterocycles.